The molecule has 1 aliphatic heterocycles. The summed E-state index contributed by atoms with van der Waals surface area (Å²) in [5, 5.41) is 7.82. The van der Waals surface area contributed by atoms with E-state index in [0.717, 1.165) is 31.2 Å². The highest BCUT2D eigenvalue weighted by atomic mass is 79.9. The SMILES string of the molecule is O=c1c(Br)c(NC2CCN(C3CC3)C2)cnn1CC1CC1. The Bertz CT molecular complexity index is 594. The average Bonchev–Trinajstić information content (AvgIpc) is 3.40. The number of hydrogen-bond acceptors (Lipinski definition) is 4. The maximum Gasteiger partial charge on any atom is 0.283 e. The number of rotatable bonds is 5. The number of nitrogens with one attached hydrogen (secondary N) is 1. The van der Waals surface area contributed by atoms with Crippen LogP contribution in [0.3, 0.4) is 0 Å². The van der Waals surface area contributed by atoms with Crippen molar-refractivity contribution in [3.63, 3.8) is 0 Å². The summed E-state index contributed by atoms with van der Waals surface area (Å²) in [7, 11) is 0. The minimum absolute atomic E-state index is 0.0102. The summed E-state index contributed by atoms with van der Waals surface area (Å²) in [4.78, 5) is 14.9. The summed E-state index contributed by atoms with van der Waals surface area (Å²) in [5.41, 5.74) is 0.832. The van der Waals surface area contributed by atoms with E-state index in [2.05, 4.69) is 31.2 Å². The second-order valence-corrected chi connectivity index (χ2v) is 7.45. The van der Waals surface area contributed by atoms with Crippen LogP contribution < -0.4 is 10.9 Å². The summed E-state index contributed by atoms with van der Waals surface area (Å²) in [5.74, 6) is 0.655. The Morgan fingerprint density at radius 3 is 2.81 bits per heavy atom. The zero-order valence-electron chi connectivity index (χ0n) is 12.1. The predicted molar refractivity (Wildman–Crippen MR) is 85.5 cm³/mol. The van der Waals surface area contributed by atoms with Crippen LogP contribution in [0.1, 0.15) is 32.1 Å². The minimum atomic E-state index is -0.0102. The predicted octanol–water partition coefficient (Wildman–Crippen LogP) is 2.06. The van der Waals surface area contributed by atoms with Gasteiger partial charge in [0.25, 0.3) is 5.56 Å². The standard InChI is InChI=1S/C15H21BrN4O/c16-14-13(7-17-20(15(14)21)8-10-1-2-10)18-11-5-6-19(9-11)12-3-4-12/h7,10-12,18H,1-6,8-9H2. The Balaban J connectivity index is 1.44. The number of anilines is 1. The van der Waals surface area contributed by atoms with Crippen LogP contribution in [0.25, 0.3) is 0 Å². The fraction of sp³-hybridized carbons (Fsp3) is 0.733. The van der Waals surface area contributed by atoms with Gasteiger partial charge in [0.2, 0.25) is 0 Å². The highest BCUT2D eigenvalue weighted by Crippen LogP contribution is 2.32. The zero-order chi connectivity index (χ0) is 14.4. The Morgan fingerprint density at radius 1 is 1.29 bits per heavy atom. The Kier molecular flexibility index (Phi) is 3.53. The molecule has 3 fully saturated rings. The van der Waals surface area contributed by atoms with E-state index in [-0.39, 0.29) is 5.56 Å². The number of likely N-dealkylation sites (tertiary alicyclic amines) is 1. The molecule has 1 aromatic heterocycles. The van der Waals surface area contributed by atoms with Gasteiger partial charge in [0.15, 0.2) is 0 Å². The van der Waals surface area contributed by atoms with Gasteiger partial charge in [-0.1, -0.05) is 0 Å². The van der Waals surface area contributed by atoms with Gasteiger partial charge < -0.3 is 5.32 Å². The fourth-order valence-corrected chi connectivity index (χ4v) is 3.56. The lowest BCUT2D eigenvalue weighted by atomic mass is 10.2. The van der Waals surface area contributed by atoms with Crippen LogP contribution in [-0.4, -0.2) is 39.9 Å². The molecule has 2 heterocycles. The number of halogens is 1. The van der Waals surface area contributed by atoms with E-state index >= 15 is 0 Å². The fourth-order valence-electron chi connectivity index (χ4n) is 3.14. The Hall–Kier alpha value is -0.880. The highest BCUT2D eigenvalue weighted by Gasteiger charge is 2.34. The van der Waals surface area contributed by atoms with E-state index in [0.29, 0.717) is 16.4 Å². The van der Waals surface area contributed by atoms with Gasteiger partial charge in [-0.3, -0.25) is 9.69 Å². The van der Waals surface area contributed by atoms with Crippen LogP contribution in [0.15, 0.2) is 15.5 Å². The maximum atomic E-state index is 12.3. The lowest BCUT2D eigenvalue weighted by Gasteiger charge is -2.17. The largest absolute Gasteiger partial charge is 0.379 e. The van der Waals surface area contributed by atoms with Crippen molar-refractivity contribution in [1.29, 1.82) is 0 Å². The molecule has 3 aliphatic rings. The van der Waals surface area contributed by atoms with E-state index in [9.17, 15) is 4.79 Å². The second-order valence-electron chi connectivity index (χ2n) is 6.66. The van der Waals surface area contributed by atoms with Crippen molar-refractivity contribution in [2.45, 2.75) is 50.7 Å². The molecule has 0 spiro atoms. The molecule has 1 saturated heterocycles. The molecule has 1 N–H and O–H groups in total. The van der Waals surface area contributed by atoms with E-state index < -0.39 is 0 Å². The smallest absolute Gasteiger partial charge is 0.283 e. The molecule has 0 aromatic carbocycles. The van der Waals surface area contributed by atoms with Crippen molar-refractivity contribution < 1.29 is 0 Å². The van der Waals surface area contributed by atoms with E-state index in [1.54, 1.807) is 10.9 Å². The molecule has 1 atom stereocenters. The third-order valence-electron chi connectivity index (χ3n) is 4.76. The molecule has 0 bridgehead atoms. The molecule has 2 saturated carbocycles. The van der Waals surface area contributed by atoms with Crippen molar-refractivity contribution in [3.05, 3.63) is 21.0 Å². The van der Waals surface area contributed by atoms with E-state index in [1.807, 2.05) is 0 Å². The molecule has 1 aromatic rings. The highest BCUT2D eigenvalue weighted by molar-refractivity contribution is 9.10. The normalized spacial score (nSPS) is 26.2. The molecule has 0 radical (unpaired) electrons. The monoisotopic (exact) mass is 352 g/mol. The van der Waals surface area contributed by atoms with Crippen LogP contribution in [0, 0.1) is 5.92 Å². The number of nitrogens with zero attached hydrogens (tertiary/aromatic N) is 3. The first-order valence-corrected chi connectivity index (χ1v) is 8.76. The van der Waals surface area contributed by atoms with Crippen molar-refractivity contribution in [2.24, 2.45) is 5.92 Å². The van der Waals surface area contributed by atoms with Crippen molar-refractivity contribution in [3.8, 4) is 0 Å². The van der Waals surface area contributed by atoms with Gasteiger partial charge in [-0.05, 0) is 54.0 Å². The second kappa shape index (κ2) is 5.39. The van der Waals surface area contributed by atoms with E-state index in [4.69, 9.17) is 0 Å². The third kappa shape index (κ3) is 3.01. The van der Waals surface area contributed by atoms with Gasteiger partial charge in [0.05, 0.1) is 11.9 Å². The topological polar surface area (TPSA) is 50.2 Å². The van der Waals surface area contributed by atoms with Crippen LogP contribution in [-0.2, 0) is 6.54 Å². The molecular formula is C15H21BrN4O. The summed E-state index contributed by atoms with van der Waals surface area (Å²) in [6.45, 7) is 3.02. The van der Waals surface area contributed by atoms with Crippen molar-refractivity contribution >= 4 is 21.6 Å². The Labute approximate surface area is 132 Å². The summed E-state index contributed by atoms with van der Waals surface area (Å²) in [6, 6.07) is 1.26. The van der Waals surface area contributed by atoms with Crippen LogP contribution in [0.4, 0.5) is 5.69 Å². The molecule has 5 nitrogen and oxygen atoms in total. The van der Waals surface area contributed by atoms with Gasteiger partial charge in [-0.25, -0.2) is 4.68 Å². The summed E-state index contributed by atoms with van der Waals surface area (Å²) < 4.78 is 2.22. The lowest BCUT2D eigenvalue weighted by Crippen LogP contribution is -2.30. The van der Waals surface area contributed by atoms with Gasteiger partial charge in [-0.15, -0.1) is 0 Å². The number of aromatic nitrogens is 2. The third-order valence-corrected chi connectivity index (χ3v) is 5.52. The van der Waals surface area contributed by atoms with Crippen LogP contribution in [0.5, 0.6) is 0 Å². The van der Waals surface area contributed by atoms with Gasteiger partial charge in [0, 0.05) is 31.7 Å². The maximum absolute atomic E-state index is 12.3. The van der Waals surface area contributed by atoms with Gasteiger partial charge in [-0.2, -0.15) is 5.10 Å². The molecular weight excluding hydrogens is 332 g/mol. The van der Waals surface area contributed by atoms with Crippen LogP contribution >= 0.6 is 15.9 Å². The Morgan fingerprint density at radius 2 is 2.10 bits per heavy atom. The van der Waals surface area contributed by atoms with Crippen LogP contribution in [0.2, 0.25) is 0 Å². The molecule has 21 heavy (non-hydrogen) atoms. The molecule has 114 valence electrons. The van der Waals surface area contributed by atoms with Crippen molar-refractivity contribution in [2.75, 3.05) is 18.4 Å². The molecule has 0 amide bonds. The number of hydrogen-bond donors (Lipinski definition) is 1. The van der Waals surface area contributed by atoms with Gasteiger partial charge in [0.1, 0.15) is 4.47 Å². The average molecular weight is 353 g/mol. The first kappa shape index (κ1) is 13.8. The minimum Gasteiger partial charge on any atom is -0.379 e. The first-order valence-electron chi connectivity index (χ1n) is 7.97. The molecule has 4 rings (SSSR count). The first-order chi connectivity index (χ1) is 10.2. The molecule has 6 heteroatoms. The van der Waals surface area contributed by atoms with Crippen molar-refractivity contribution in [1.82, 2.24) is 14.7 Å². The summed E-state index contributed by atoms with van der Waals surface area (Å²) in [6.07, 6.45) is 8.11. The van der Waals surface area contributed by atoms with E-state index in [1.165, 1.54) is 32.2 Å². The lowest BCUT2D eigenvalue weighted by molar-refractivity contribution is 0.326. The summed E-state index contributed by atoms with van der Waals surface area (Å²) >= 11 is 3.46. The molecule has 1 unspecified atom stereocenters. The zero-order valence-corrected chi connectivity index (χ0v) is 13.7. The quantitative estimate of drug-likeness (QED) is 0.881. The van der Waals surface area contributed by atoms with Gasteiger partial charge >= 0.3 is 0 Å². The molecule has 2 aliphatic carbocycles.